The van der Waals surface area contributed by atoms with E-state index < -0.39 is 0 Å². The van der Waals surface area contributed by atoms with E-state index in [1.165, 1.54) is 30.8 Å². The number of aliphatic hydroxyl groups excluding tert-OH is 1. The Morgan fingerprint density at radius 3 is 1.79 bits per heavy atom. The zero-order chi connectivity index (χ0) is 49.4. The van der Waals surface area contributed by atoms with E-state index in [0.29, 0.717) is 18.2 Å². The van der Waals surface area contributed by atoms with Crippen molar-refractivity contribution < 1.29 is 9.84 Å². The average molecular weight is 1020 g/mol. The smallest absolute Gasteiger partial charge is 0.139 e. The number of halogens is 1. The lowest BCUT2D eigenvalue weighted by atomic mass is 10.1. The van der Waals surface area contributed by atoms with Gasteiger partial charge in [-0.2, -0.15) is 0 Å². The number of nitrogens with one attached hydrogen (secondary N) is 2. The van der Waals surface area contributed by atoms with Gasteiger partial charge in [-0.3, -0.25) is 4.90 Å². The summed E-state index contributed by atoms with van der Waals surface area (Å²) >= 11 is 9.78. The second-order valence-corrected chi connectivity index (χ2v) is 21.5. The van der Waals surface area contributed by atoms with Crippen molar-refractivity contribution in [3.63, 3.8) is 0 Å². The molecule has 5 aromatic carbocycles. The fourth-order valence-electron chi connectivity index (χ4n) is 9.53. The maximum Gasteiger partial charge on any atom is 0.139 e. The van der Waals surface area contributed by atoms with Crippen LogP contribution >= 0.6 is 34.7 Å². The summed E-state index contributed by atoms with van der Waals surface area (Å²) in [6.07, 6.45) is 0. The van der Waals surface area contributed by atoms with Crippen LogP contribution < -0.4 is 10.6 Å². The number of aryl methyl sites for hydroxylation is 1. The van der Waals surface area contributed by atoms with Crippen molar-refractivity contribution in [2.75, 3.05) is 130 Å². The Morgan fingerprint density at radius 2 is 1.08 bits per heavy atom. The predicted octanol–water partition coefficient (Wildman–Crippen LogP) is 10.0. The molecule has 0 radical (unpaired) electrons. The van der Waals surface area contributed by atoms with E-state index in [9.17, 15) is 0 Å². The summed E-state index contributed by atoms with van der Waals surface area (Å²) in [5, 5.41) is 17.8. The molecule has 3 saturated heterocycles. The molecule has 13 nitrogen and oxygen atoms in total. The van der Waals surface area contributed by atoms with Crippen LogP contribution in [-0.4, -0.2) is 171 Å². The zero-order valence-electron chi connectivity index (χ0n) is 41.4. The van der Waals surface area contributed by atoms with E-state index >= 15 is 0 Å². The Morgan fingerprint density at radius 1 is 0.542 bits per heavy atom. The third kappa shape index (κ3) is 11.9. The monoisotopic (exact) mass is 1020 g/mol. The maximum absolute atomic E-state index is 8.79. The van der Waals surface area contributed by atoms with Gasteiger partial charge < -0.3 is 45.0 Å². The van der Waals surface area contributed by atoms with Crippen molar-refractivity contribution in [3.8, 4) is 0 Å². The van der Waals surface area contributed by atoms with Crippen molar-refractivity contribution in [1.29, 1.82) is 0 Å². The molecule has 6 aromatic rings. The molecule has 72 heavy (non-hydrogen) atoms. The number of ether oxygens (including phenoxy) is 1. The third-order valence-corrected chi connectivity index (χ3v) is 15.9. The molecular weight excluding hydrogens is 958 g/mol. The molecule has 6 aliphatic heterocycles. The largest absolute Gasteiger partial charge is 0.394 e. The minimum absolute atomic E-state index is 0.0898. The van der Waals surface area contributed by atoms with Crippen molar-refractivity contribution >= 4 is 91.3 Å². The van der Waals surface area contributed by atoms with Crippen LogP contribution in [0.2, 0.25) is 5.02 Å². The van der Waals surface area contributed by atoms with E-state index in [-0.39, 0.29) is 6.61 Å². The van der Waals surface area contributed by atoms with Gasteiger partial charge in [-0.25, -0.2) is 15.0 Å². The lowest BCUT2D eigenvalue weighted by molar-refractivity contribution is 0.0652. The van der Waals surface area contributed by atoms with Gasteiger partial charge in [-0.05, 0) is 87.7 Å². The van der Waals surface area contributed by atoms with Crippen LogP contribution in [0.25, 0.3) is 0 Å². The van der Waals surface area contributed by atoms with Crippen LogP contribution in [0.5, 0.6) is 0 Å². The van der Waals surface area contributed by atoms with Gasteiger partial charge in [0.05, 0.1) is 53.8 Å². The molecule has 6 aliphatic rings. The van der Waals surface area contributed by atoms with Crippen molar-refractivity contribution in [3.05, 3.63) is 148 Å². The van der Waals surface area contributed by atoms with Gasteiger partial charge in [0.2, 0.25) is 0 Å². The number of nitrogens with zero attached hydrogens (tertiary/aromatic N) is 9. The highest BCUT2D eigenvalue weighted by molar-refractivity contribution is 7.99. The molecule has 1 aromatic heterocycles. The number of anilines is 4. The highest BCUT2D eigenvalue weighted by Gasteiger charge is 2.28. The van der Waals surface area contributed by atoms with E-state index in [0.717, 1.165) is 142 Å². The van der Waals surface area contributed by atoms with E-state index in [4.69, 9.17) is 36.4 Å². The molecule has 374 valence electrons. The Kier molecular flexibility index (Phi) is 16.2. The van der Waals surface area contributed by atoms with E-state index in [1.54, 1.807) is 23.1 Å². The molecular formula is C56H64ClN11O2S2. The molecule has 0 aliphatic carbocycles. The number of benzene rings is 5. The summed E-state index contributed by atoms with van der Waals surface area (Å²) in [4.78, 5) is 33.2. The SMILES string of the molecule is CN1CCN(C2=Nc3cc(Cl)ccc3Nc3ccccc32)CC1.Cc1cc2c(s1)Nc1ccccc1N=C2N1CCN(C)CC1.OCCOCCN1CCN(C2=Nc3ccccc3Sc3ccccc32)CC1. The standard InChI is InChI=1S/C21H25N3O2S.C18H19ClN4.C17H20N4S/c25-14-16-26-15-13-23-9-11-24(12-10-23)21-17-5-1-3-7-19(17)27-20-8-4-2-6-18(20)22-21;1-22-8-10-23(11-9-22)18-14-4-2-3-5-15(14)20-16-7-6-13(19)12-17(16)21-18;1-12-11-13-16(21-9-7-20(2)8-10-21)18-14-5-3-4-6-15(14)19-17(13)22-12/h1-8,25H,9-16H2;2-7,12,20H,8-11H2,1H3;3-6,11,19H,7-10H2,1-2H3. The molecule has 7 heterocycles. The van der Waals surface area contributed by atoms with Gasteiger partial charge in [0.15, 0.2) is 0 Å². The lowest BCUT2D eigenvalue weighted by Crippen LogP contribution is -2.49. The molecule has 0 unspecified atom stereocenters. The van der Waals surface area contributed by atoms with Crippen LogP contribution in [0.15, 0.2) is 146 Å². The lowest BCUT2D eigenvalue weighted by Gasteiger charge is -2.36. The molecule has 0 spiro atoms. The Hall–Kier alpha value is -5.75. The van der Waals surface area contributed by atoms with Crippen LogP contribution in [-0.2, 0) is 4.74 Å². The second-order valence-electron chi connectivity index (χ2n) is 18.7. The highest BCUT2D eigenvalue weighted by atomic mass is 35.5. The normalized spacial score (nSPS) is 17.6. The number of piperazine rings is 3. The topological polar surface area (TPSA) is 110 Å². The Bertz CT molecular complexity index is 2920. The number of hydrogen-bond donors (Lipinski definition) is 3. The summed E-state index contributed by atoms with van der Waals surface area (Å²) in [5.74, 6) is 3.23. The highest BCUT2D eigenvalue weighted by Crippen LogP contribution is 2.42. The van der Waals surface area contributed by atoms with Gasteiger partial charge in [0.1, 0.15) is 22.5 Å². The minimum Gasteiger partial charge on any atom is -0.394 e. The quantitative estimate of drug-likeness (QED) is 0.144. The molecule has 16 heteroatoms. The number of aliphatic hydroxyl groups is 1. The summed E-state index contributed by atoms with van der Waals surface area (Å²) in [7, 11) is 4.35. The van der Waals surface area contributed by atoms with Gasteiger partial charge >= 0.3 is 0 Å². The fourth-order valence-corrected chi connectivity index (χ4v) is 11.6. The first kappa shape index (κ1) is 49.8. The Labute approximate surface area is 437 Å². The number of amidine groups is 3. The predicted molar refractivity (Wildman–Crippen MR) is 300 cm³/mol. The number of rotatable bonds is 5. The first-order valence-corrected chi connectivity index (χ1v) is 27.1. The fraction of sp³-hybridized carbons (Fsp3) is 0.339. The van der Waals surface area contributed by atoms with Crippen LogP contribution in [0.4, 0.5) is 39.1 Å². The molecule has 3 fully saturated rings. The van der Waals surface area contributed by atoms with Gasteiger partial charge in [0, 0.05) is 122 Å². The van der Waals surface area contributed by atoms with Crippen LogP contribution in [0.3, 0.4) is 0 Å². The zero-order valence-corrected chi connectivity index (χ0v) is 43.8. The number of likely N-dealkylation sites (N-methyl/N-ethyl adjacent to an activating group) is 2. The number of aliphatic imine (C=N–C) groups is 3. The van der Waals surface area contributed by atoms with E-state index in [1.807, 2.05) is 24.3 Å². The molecule has 0 atom stereocenters. The summed E-state index contributed by atoms with van der Waals surface area (Å²) in [6.45, 7) is 16.5. The number of thiophene rings is 1. The van der Waals surface area contributed by atoms with E-state index in [2.05, 4.69) is 158 Å². The van der Waals surface area contributed by atoms with Crippen molar-refractivity contribution in [2.24, 2.45) is 15.0 Å². The summed E-state index contributed by atoms with van der Waals surface area (Å²) in [6, 6.07) is 41.7. The van der Waals surface area contributed by atoms with Crippen molar-refractivity contribution in [1.82, 2.24) is 29.4 Å². The summed E-state index contributed by atoms with van der Waals surface area (Å²) in [5.41, 5.74) is 9.74. The van der Waals surface area contributed by atoms with Crippen LogP contribution in [0, 0.1) is 6.92 Å². The van der Waals surface area contributed by atoms with Gasteiger partial charge in [0.25, 0.3) is 0 Å². The molecule has 3 N–H and O–H groups in total. The van der Waals surface area contributed by atoms with Crippen LogP contribution in [0.1, 0.15) is 21.6 Å². The molecule has 12 rings (SSSR count). The number of para-hydroxylation sites is 4. The first-order chi connectivity index (χ1) is 35.3. The summed E-state index contributed by atoms with van der Waals surface area (Å²) < 4.78 is 5.40. The molecule has 0 amide bonds. The molecule has 0 bridgehead atoms. The van der Waals surface area contributed by atoms with Gasteiger partial charge in [-0.15, -0.1) is 11.3 Å². The second kappa shape index (κ2) is 23.4. The Balaban J connectivity index is 0.000000125. The number of fused-ring (bicyclic) bond motifs is 6. The average Bonchev–Trinajstić information content (AvgIpc) is 3.51. The molecule has 0 saturated carbocycles. The van der Waals surface area contributed by atoms with Gasteiger partial charge in [-0.1, -0.05) is 78.0 Å². The minimum atomic E-state index is 0.0898. The number of hydrogen-bond acceptors (Lipinski definition) is 15. The maximum atomic E-state index is 8.79. The first-order valence-electron chi connectivity index (χ1n) is 25.0. The third-order valence-electron chi connectivity index (χ3n) is 13.6. The van der Waals surface area contributed by atoms with Crippen molar-refractivity contribution in [2.45, 2.75) is 16.7 Å².